The van der Waals surface area contributed by atoms with Crippen molar-refractivity contribution in [2.75, 3.05) is 0 Å². The molecule has 0 saturated heterocycles. The summed E-state index contributed by atoms with van der Waals surface area (Å²) >= 11 is 5.89. The highest BCUT2D eigenvalue weighted by molar-refractivity contribution is 6.30. The molecule has 132 valence electrons. The predicted molar refractivity (Wildman–Crippen MR) is 108 cm³/mol. The molecule has 0 aromatic heterocycles. The molecule has 0 heterocycles. The van der Waals surface area contributed by atoms with Gasteiger partial charge in [0.2, 0.25) is 0 Å². The van der Waals surface area contributed by atoms with Crippen molar-refractivity contribution in [3.05, 3.63) is 40.4 Å². The molecule has 0 spiro atoms. The summed E-state index contributed by atoms with van der Waals surface area (Å²) in [6.45, 7) is 13.1. The Morgan fingerprint density at radius 3 is 1.87 bits per heavy atom. The Kier molecular flexibility index (Phi) is 13.2. The van der Waals surface area contributed by atoms with E-state index in [1.165, 1.54) is 44.1 Å². The van der Waals surface area contributed by atoms with Crippen LogP contribution in [-0.2, 0) is 0 Å². The average Bonchev–Trinajstić information content (AvgIpc) is 2.59. The summed E-state index contributed by atoms with van der Waals surface area (Å²) in [6, 6.07) is 8.13. The van der Waals surface area contributed by atoms with Crippen molar-refractivity contribution in [1.82, 2.24) is 0 Å². The molecule has 1 saturated carbocycles. The molecule has 1 heteroatoms. The lowest BCUT2D eigenvalue weighted by molar-refractivity contribution is 0.312. The van der Waals surface area contributed by atoms with Gasteiger partial charge < -0.3 is 0 Å². The second kappa shape index (κ2) is 13.7. The first-order valence-electron chi connectivity index (χ1n) is 9.51. The molecule has 0 N–H and O–H groups in total. The molecule has 1 fully saturated rings. The molecule has 1 aromatic carbocycles. The first-order valence-corrected chi connectivity index (χ1v) is 9.89. The lowest BCUT2D eigenvalue weighted by Crippen LogP contribution is -2.13. The molecule has 0 nitrogen and oxygen atoms in total. The van der Waals surface area contributed by atoms with Crippen LogP contribution in [0.5, 0.6) is 0 Å². The Balaban J connectivity index is 0.000000705. The van der Waals surface area contributed by atoms with Crippen molar-refractivity contribution < 1.29 is 0 Å². The maximum absolute atomic E-state index is 5.89. The number of hydrogen-bond acceptors (Lipinski definition) is 0. The summed E-state index contributed by atoms with van der Waals surface area (Å²) in [5.41, 5.74) is 2.89. The van der Waals surface area contributed by atoms with Crippen LogP contribution in [0.2, 0.25) is 5.02 Å². The van der Waals surface area contributed by atoms with Crippen LogP contribution in [0.1, 0.15) is 85.6 Å². The van der Waals surface area contributed by atoms with Crippen LogP contribution in [-0.4, -0.2) is 0 Å². The number of rotatable bonds is 3. The van der Waals surface area contributed by atoms with E-state index in [-0.39, 0.29) is 0 Å². The molecular weight excluding hydrogens is 300 g/mol. The number of benzene rings is 1. The normalized spacial score (nSPS) is 16.9. The Bertz CT molecular complexity index is 402. The Hall–Kier alpha value is -0.750. The first-order chi connectivity index (χ1) is 11.1. The third-order valence-electron chi connectivity index (χ3n) is 4.36. The molecule has 0 aliphatic heterocycles. The molecule has 0 bridgehead atoms. The minimum atomic E-state index is 0.815. The smallest absolute Gasteiger partial charge is 0.0406 e. The van der Waals surface area contributed by atoms with Crippen LogP contribution < -0.4 is 0 Å². The van der Waals surface area contributed by atoms with Gasteiger partial charge in [-0.25, -0.2) is 0 Å². The van der Waals surface area contributed by atoms with Crippen molar-refractivity contribution >= 4 is 17.7 Å². The van der Waals surface area contributed by atoms with Gasteiger partial charge in [-0.2, -0.15) is 0 Å². The number of unbranched alkanes of at least 4 members (excludes halogenated alkanes) is 1. The zero-order valence-electron chi connectivity index (χ0n) is 16.2. The van der Waals surface area contributed by atoms with Gasteiger partial charge in [-0.1, -0.05) is 89.8 Å². The van der Waals surface area contributed by atoms with Crippen molar-refractivity contribution in [2.45, 2.75) is 80.1 Å². The van der Waals surface area contributed by atoms with Gasteiger partial charge in [0.25, 0.3) is 0 Å². The van der Waals surface area contributed by atoms with Crippen LogP contribution in [0, 0.1) is 11.8 Å². The minimum absolute atomic E-state index is 0.815. The number of hydrogen-bond donors (Lipinski definition) is 0. The fourth-order valence-electron chi connectivity index (χ4n) is 2.62. The predicted octanol–water partition coefficient (Wildman–Crippen LogP) is 8.40. The van der Waals surface area contributed by atoms with Crippen molar-refractivity contribution in [2.24, 2.45) is 11.8 Å². The van der Waals surface area contributed by atoms with Crippen LogP contribution in [0.15, 0.2) is 29.8 Å². The van der Waals surface area contributed by atoms with Gasteiger partial charge in [-0.15, -0.1) is 0 Å². The Labute approximate surface area is 150 Å². The monoisotopic (exact) mass is 336 g/mol. The van der Waals surface area contributed by atoms with E-state index in [4.69, 9.17) is 11.6 Å². The van der Waals surface area contributed by atoms with Crippen molar-refractivity contribution in [3.8, 4) is 0 Å². The lowest BCUT2D eigenvalue weighted by Gasteiger charge is -2.27. The van der Waals surface area contributed by atoms with Gasteiger partial charge in [-0.05, 0) is 55.2 Å². The van der Waals surface area contributed by atoms with Gasteiger partial charge >= 0.3 is 0 Å². The van der Waals surface area contributed by atoms with Gasteiger partial charge in [0.15, 0.2) is 0 Å². The summed E-state index contributed by atoms with van der Waals surface area (Å²) in [4.78, 5) is 0. The quantitative estimate of drug-likeness (QED) is 0.519. The van der Waals surface area contributed by atoms with Crippen LogP contribution in [0.3, 0.4) is 0 Å². The molecule has 1 aliphatic carbocycles. The van der Waals surface area contributed by atoms with E-state index in [9.17, 15) is 0 Å². The topological polar surface area (TPSA) is 0 Å². The second-order valence-corrected chi connectivity index (χ2v) is 6.87. The summed E-state index contributed by atoms with van der Waals surface area (Å²) in [5.74, 6) is 1.77. The van der Waals surface area contributed by atoms with Gasteiger partial charge in [0.1, 0.15) is 0 Å². The standard InChI is InChI=1S/C16H21Cl.C4H10.C2H6/c1-12(2)15-7-3-13(4-8-15)11-14-5-9-16(17)10-6-14;1-3-4-2;1-2/h5-6,9-12,15H,3-4,7-8H2,1-2H3;3-4H2,1-2H3;1-2H3. The zero-order valence-corrected chi connectivity index (χ0v) is 16.9. The van der Waals surface area contributed by atoms with E-state index in [2.05, 4.69) is 45.9 Å². The highest BCUT2D eigenvalue weighted by Crippen LogP contribution is 2.33. The third-order valence-corrected chi connectivity index (χ3v) is 4.61. The maximum Gasteiger partial charge on any atom is 0.0406 e. The number of allylic oxidation sites excluding steroid dienone is 1. The van der Waals surface area contributed by atoms with E-state index in [1.54, 1.807) is 5.57 Å². The largest absolute Gasteiger partial charge is 0.0843 e. The van der Waals surface area contributed by atoms with Gasteiger partial charge in [0, 0.05) is 5.02 Å². The van der Waals surface area contributed by atoms with Crippen molar-refractivity contribution in [1.29, 1.82) is 0 Å². The maximum atomic E-state index is 5.89. The molecule has 1 aromatic rings. The molecule has 0 radical (unpaired) electrons. The van der Waals surface area contributed by atoms with E-state index in [0.29, 0.717) is 0 Å². The van der Waals surface area contributed by atoms with E-state index in [1.807, 2.05) is 26.0 Å². The van der Waals surface area contributed by atoms with Crippen LogP contribution in [0.25, 0.3) is 6.08 Å². The van der Waals surface area contributed by atoms with Gasteiger partial charge in [-0.3, -0.25) is 0 Å². The van der Waals surface area contributed by atoms with Gasteiger partial charge in [0.05, 0.1) is 0 Å². The molecule has 2 rings (SSSR count). The van der Waals surface area contributed by atoms with E-state index in [0.717, 1.165) is 16.9 Å². The third kappa shape index (κ3) is 9.87. The second-order valence-electron chi connectivity index (χ2n) is 6.44. The molecule has 0 amide bonds. The fourth-order valence-corrected chi connectivity index (χ4v) is 2.74. The lowest BCUT2D eigenvalue weighted by atomic mass is 9.79. The zero-order chi connectivity index (χ0) is 17.7. The Morgan fingerprint density at radius 2 is 1.48 bits per heavy atom. The van der Waals surface area contributed by atoms with Crippen LogP contribution in [0.4, 0.5) is 0 Å². The average molecular weight is 337 g/mol. The summed E-state index contributed by atoms with van der Waals surface area (Å²) < 4.78 is 0. The van der Waals surface area contributed by atoms with Crippen molar-refractivity contribution in [3.63, 3.8) is 0 Å². The SMILES string of the molecule is CC.CC(C)C1CCC(=Cc2ccc(Cl)cc2)CC1.CCCC. The highest BCUT2D eigenvalue weighted by atomic mass is 35.5. The summed E-state index contributed by atoms with van der Waals surface area (Å²) in [5, 5.41) is 0.815. The van der Waals surface area contributed by atoms with E-state index < -0.39 is 0 Å². The molecule has 0 atom stereocenters. The number of halogens is 1. The minimum Gasteiger partial charge on any atom is -0.0843 e. The molecular formula is C22H37Cl. The Morgan fingerprint density at radius 1 is 1.00 bits per heavy atom. The summed E-state index contributed by atoms with van der Waals surface area (Å²) in [7, 11) is 0. The fraction of sp³-hybridized carbons (Fsp3) is 0.636. The highest BCUT2D eigenvalue weighted by Gasteiger charge is 2.18. The molecule has 23 heavy (non-hydrogen) atoms. The first kappa shape index (κ1) is 22.2. The van der Waals surface area contributed by atoms with E-state index >= 15 is 0 Å². The summed E-state index contributed by atoms with van der Waals surface area (Å²) in [6.07, 6.45) is 10.2. The molecule has 0 unspecified atom stereocenters. The molecule has 1 aliphatic rings. The van der Waals surface area contributed by atoms with Crippen LogP contribution >= 0.6 is 11.6 Å².